The first-order valence-electron chi connectivity index (χ1n) is 5.78. The lowest BCUT2D eigenvalue weighted by molar-refractivity contribution is 0.0683. The number of nitrogens with zero attached hydrogens (tertiary/aromatic N) is 3. The Morgan fingerprint density at radius 3 is 2.40 bits per heavy atom. The van der Waals surface area contributed by atoms with Crippen LogP contribution in [-0.2, 0) is 6.42 Å². The van der Waals surface area contributed by atoms with Crippen molar-refractivity contribution in [3.8, 4) is 5.69 Å². The maximum absolute atomic E-state index is 11.1. The smallest absolute Gasteiger partial charge is 0.375 e. The van der Waals surface area contributed by atoms with E-state index in [0.29, 0.717) is 12.2 Å². The summed E-state index contributed by atoms with van der Waals surface area (Å²) in [5.41, 5.74) is 0.733. The number of carboxylic acid groups (broad SMARTS) is 1. The number of aromatic nitrogens is 3. The van der Waals surface area contributed by atoms with E-state index in [4.69, 9.17) is 5.11 Å². The predicted octanol–water partition coefficient (Wildman–Crippen LogP) is 4.21. The summed E-state index contributed by atoms with van der Waals surface area (Å²) in [6.45, 7) is 2.01. The predicted molar refractivity (Wildman–Crippen MR) is 85.4 cm³/mol. The van der Waals surface area contributed by atoms with E-state index >= 15 is 0 Å². The van der Waals surface area contributed by atoms with Gasteiger partial charge in [0.2, 0.25) is 0 Å². The van der Waals surface area contributed by atoms with E-state index < -0.39 is 5.97 Å². The fraction of sp³-hybridized carbons (Fsp3) is 0.250. The molecule has 0 atom stereocenters. The number of benzene rings is 1. The Hall–Kier alpha value is -0.730. The van der Waals surface area contributed by atoms with Crippen molar-refractivity contribution in [1.29, 1.82) is 0 Å². The van der Waals surface area contributed by atoms with Crippen molar-refractivity contribution < 1.29 is 9.90 Å². The van der Waals surface area contributed by atoms with Crippen LogP contribution in [0.2, 0.25) is 0 Å². The topological polar surface area (TPSA) is 68.0 Å². The van der Waals surface area contributed by atoms with Crippen LogP contribution in [0.1, 0.15) is 29.8 Å². The molecule has 0 radical (unpaired) electrons. The summed E-state index contributed by atoms with van der Waals surface area (Å²) < 4.78 is 4.04. The minimum absolute atomic E-state index is 0.199. The van der Waals surface area contributed by atoms with Crippen LogP contribution in [0, 0.1) is 0 Å². The number of hydrogen-bond acceptors (Lipinski definition) is 3. The van der Waals surface area contributed by atoms with E-state index in [0.717, 1.165) is 25.5 Å². The van der Waals surface area contributed by atoms with E-state index in [-0.39, 0.29) is 5.82 Å². The first-order valence-corrected chi connectivity index (χ1v) is 8.16. The molecule has 0 saturated heterocycles. The highest BCUT2D eigenvalue weighted by atomic mass is 79.9. The molecule has 5 nitrogen and oxygen atoms in total. The van der Waals surface area contributed by atoms with E-state index in [1.807, 2.05) is 19.1 Å². The molecule has 0 bridgehead atoms. The Morgan fingerprint density at radius 2 is 1.90 bits per heavy atom. The van der Waals surface area contributed by atoms with Crippen molar-refractivity contribution in [3.63, 3.8) is 0 Å². The van der Waals surface area contributed by atoms with Gasteiger partial charge in [0.15, 0.2) is 0 Å². The normalized spacial score (nSPS) is 10.8. The lowest BCUT2D eigenvalue weighted by Gasteiger charge is -2.10. The first-order chi connectivity index (χ1) is 9.43. The minimum Gasteiger partial charge on any atom is -0.475 e. The number of aryl methyl sites for hydroxylation is 1. The lowest BCUT2D eigenvalue weighted by Crippen LogP contribution is -2.05. The van der Waals surface area contributed by atoms with Crippen molar-refractivity contribution in [2.45, 2.75) is 19.8 Å². The number of halogens is 3. The van der Waals surface area contributed by atoms with Crippen LogP contribution in [-0.4, -0.2) is 25.8 Å². The van der Waals surface area contributed by atoms with Crippen LogP contribution in [0.5, 0.6) is 0 Å². The third-order valence-electron chi connectivity index (χ3n) is 2.53. The summed E-state index contributed by atoms with van der Waals surface area (Å²) in [5.74, 6) is -0.714. The molecular weight excluding hydrogens is 458 g/mol. The van der Waals surface area contributed by atoms with E-state index in [9.17, 15) is 4.79 Å². The van der Waals surface area contributed by atoms with Gasteiger partial charge in [0.05, 0.1) is 5.69 Å². The number of rotatable bonds is 4. The van der Waals surface area contributed by atoms with Crippen molar-refractivity contribution in [3.05, 3.63) is 37.2 Å². The average Bonchev–Trinajstić information content (AvgIpc) is 2.72. The summed E-state index contributed by atoms with van der Waals surface area (Å²) in [6, 6.07) is 3.75. The third kappa shape index (κ3) is 3.12. The summed E-state index contributed by atoms with van der Waals surface area (Å²) in [4.78, 5) is 15.1. The summed E-state index contributed by atoms with van der Waals surface area (Å²) in [5, 5.41) is 13.1. The molecule has 106 valence electrons. The van der Waals surface area contributed by atoms with Gasteiger partial charge in [-0.2, -0.15) is 0 Å². The van der Waals surface area contributed by atoms with Gasteiger partial charge in [-0.15, -0.1) is 5.10 Å². The molecule has 0 fully saturated rings. The minimum atomic E-state index is -1.13. The highest BCUT2D eigenvalue weighted by Gasteiger charge is 2.19. The maximum atomic E-state index is 11.1. The molecule has 20 heavy (non-hydrogen) atoms. The number of carbonyl (C=O) groups is 1. The number of carboxylic acids is 1. The molecule has 0 aliphatic carbocycles. The van der Waals surface area contributed by atoms with Crippen molar-refractivity contribution >= 4 is 53.8 Å². The highest BCUT2D eigenvalue weighted by Crippen LogP contribution is 2.33. The van der Waals surface area contributed by atoms with Crippen molar-refractivity contribution in [2.75, 3.05) is 0 Å². The molecule has 1 heterocycles. The molecule has 0 unspecified atom stereocenters. The largest absolute Gasteiger partial charge is 0.475 e. The van der Waals surface area contributed by atoms with Gasteiger partial charge in [0, 0.05) is 19.8 Å². The van der Waals surface area contributed by atoms with Crippen LogP contribution in [0.4, 0.5) is 0 Å². The first kappa shape index (κ1) is 15.7. The SMILES string of the molecule is CCCc1nc(C(=O)O)nn1-c1c(Br)cc(Br)cc1Br. The number of hydrogen-bond donors (Lipinski definition) is 1. The van der Waals surface area contributed by atoms with Crippen LogP contribution >= 0.6 is 47.8 Å². The second-order valence-electron chi connectivity index (χ2n) is 4.04. The Kier molecular flexibility index (Phi) is 4.98. The quantitative estimate of drug-likeness (QED) is 0.731. The van der Waals surface area contributed by atoms with Crippen LogP contribution in [0.25, 0.3) is 5.69 Å². The Labute approximate surface area is 140 Å². The molecule has 1 N–H and O–H groups in total. The van der Waals surface area contributed by atoms with Crippen molar-refractivity contribution in [2.24, 2.45) is 0 Å². The third-order valence-corrected chi connectivity index (χ3v) is 4.20. The molecule has 0 spiro atoms. The second kappa shape index (κ2) is 6.36. The highest BCUT2D eigenvalue weighted by molar-refractivity contribution is 9.11. The van der Waals surface area contributed by atoms with E-state index in [2.05, 4.69) is 57.9 Å². The monoisotopic (exact) mass is 465 g/mol. The van der Waals surface area contributed by atoms with Gasteiger partial charge in [0.1, 0.15) is 5.82 Å². The molecule has 2 aromatic rings. The van der Waals surface area contributed by atoms with Gasteiger partial charge in [-0.3, -0.25) is 0 Å². The van der Waals surface area contributed by atoms with Crippen LogP contribution in [0.3, 0.4) is 0 Å². The molecule has 2 rings (SSSR count). The zero-order valence-corrected chi connectivity index (χ0v) is 15.2. The Morgan fingerprint density at radius 1 is 1.30 bits per heavy atom. The summed E-state index contributed by atoms with van der Waals surface area (Å²) in [7, 11) is 0. The van der Waals surface area contributed by atoms with E-state index in [1.54, 1.807) is 4.68 Å². The van der Waals surface area contributed by atoms with E-state index in [1.165, 1.54) is 0 Å². The van der Waals surface area contributed by atoms with Crippen LogP contribution in [0.15, 0.2) is 25.6 Å². The second-order valence-corrected chi connectivity index (χ2v) is 6.66. The molecule has 0 amide bonds. The van der Waals surface area contributed by atoms with Crippen molar-refractivity contribution in [1.82, 2.24) is 14.8 Å². The van der Waals surface area contributed by atoms with Gasteiger partial charge in [-0.25, -0.2) is 14.5 Å². The maximum Gasteiger partial charge on any atom is 0.375 e. The molecule has 0 aliphatic heterocycles. The fourth-order valence-electron chi connectivity index (χ4n) is 1.74. The van der Waals surface area contributed by atoms with Crippen LogP contribution < -0.4 is 0 Å². The lowest BCUT2D eigenvalue weighted by atomic mass is 10.3. The summed E-state index contributed by atoms with van der Waals surface area (Å²) >= 11 is 10.3. The average molecular weight is 468 g/mol. The molecule has 0 aliphatic rings. The van der Waals surface area contributed by atoms with Gasteiger partial charge >= 0.3 is 5.97 Å². The zero-order valence-electron chi connectivity index (χ0n) is 10.4. The Bertz CT molecular complexity index is 647. The van der Waals surface area contributed by atoms with Gasteiger partial charge in [-0.1, -0.05) is 22.9 Å². The standard InChI is InChI=1S/C12H10Br3N3O2/c1-2-3-9-16-11(12(19)20)17-18(9)10-7(14)4-6(13)5-8(10)15/h4-5H,2-3H2,1H3,(H,19,20). The molecule has 0 saturated carbocycles. The number of aromatic carboxylic acids is 1. The molecular formula is C12H10Br3N3O2. The summed E-state index contributed by atoms with van der Waals surface area (Å²) in [6.07, 6.45) is 1.50. The zero-order chi connectivity index (χ0) is 14.9. The molecule has 1 aromatic heterocycles. The Balaban J connectivity index is 2.65. The van der Waals surface area contributed by atoms with Gasteiger partial charge in [-0.05, 0) is 50.4 Å². The van der Waals surface area contributed by atoms with Gasteiger partial charge in [0.25, 0.3) is 5.82 Å². The molecule has 8 heteroatoms. The van der Waals surface area contributed by atoms with Gasteiger partial charge < -0.3 is 5.11 Å². The fourth-order valence-corrected chi connectivity index (χ4v) is 4.33. The molecule has 1 aromatic carbocycles.